The summed E-state index contributed by atoms with van der Waals surface area (Å²) >= 11 is 0. The first kappa shape index (κ1) is 39.2. The summed E-state index contributed by atoms with van der Waals surface area (Å²) < 4.78 is 52.8. The lowest BCUT2D eigenvalue weighted by molar-refractivity contribution is -0.141. The van der Waals surface area contributed by atoms with E-state index in [0.717, 1.165) is 11.0 Å². The van der Waals surface area contributed by atoms with Crippen LogP contribution in [0.15, 0.2) is 43.5 Å². The molecule has 1 saturated heterocycles. The zero-order valence-corrected chi connectivity index (χ0v) is 30.6. The second-order valence-electron chi connectivity index (χ2n) is 14.6. The molecule has 18 heteroatoms. The number of benzene rings is 1. The molecule has 2 aliphatic heterocycles. The van der Waals surface area contributed by atoms with Crippen molar-refractivity contribution in [2.75, 3.05) is 13.1 Å². The van der Waals surface area contributed by atoms with Crippen molar-refractivity contribution in [1.82, 2.24) is 30.5 Å². The molecule has 1 aromatic rings. The zero-order valence-electron chi connectivity index (χ0n) is 29.8. The molecule has 3 fully saturated rings. The van der Waals surface area contributed by atoms with Crippen LogP contribution >= 0.6 is 0 Å². The maximum Gasteiger partial charge on any atom is 0.410 e. The predicted molar refractivity (Wildman–Crippen MR) is 186 cm³/mol. The van der Waals surface area contributed by atoms with Crippen molar-refractivity contribution in [2.24, 2.45) is 5.92 Å². The smallest absolute Gasteiger partial charge is 0.410 e. The number of sulfonamides is 1. The van der Waals surface area contributed by atoms with E-state index >= 15 is 0 Å². The minimum absolute atomic E-state index is 0.0469. The van der Waals surface area contributed by atoms with Gasteiger partial charge in [-0.15, -0.1) is 6.58 Å². The highest BCUT2D eigenvalue weighted by Crippen LogP contribution is 2.45. The van der Waals surface area contributed by atoms with Crippen LogP contribution in [0.1, 0.15) is 64.0 Å². The third-order valence-electron chi connectivity index (χ3n) is 9.46. The number of hydrogen-bond acceptors (Lipinski definition) is 10. The van der Waals surface area contributed by atoms with Crippen LogP contribution in [0, 0.1) is 11.7 Å². The quantitative estimate of drug-likeness (QED) is 0.168. The number of nitrogens with zero attached hydrogens (tertiary/aromatic N) is 2. The van der Waals surface area contributed by atoms with Crippen molar-refractivity contribution in [3.05, 3.63) is 60.5 Å². The molecule has 0 aromatic heterocycles. The van der Waals surface area contributed by atoms with Crippen molar-refractivity contribution in [1.29, 1.82) is 0 Å². The molecule has 1 aromatic carbocycles. The van der Waals surface area contributed by atoms with Gasteiger partial charge in [0.25, 0.3) is 5.91 Å². The molecule has 0 bridgehead atoms. The average Bonchev–Trinajstić information content (AvgIpc) is 3.97. The summed E-state index contributed by atoms with van der Waals surface area (Å²) in [6.07, 6.45) is 0.0940. The highest BCUT2D eigenvalue weighted by Gasteiger charge is 2.62. The van der Waals surface area contributed by atoms with Crippen molar-refractivity contribution in [2.45, 2.75) is 101 Å². The monoisotopic (exact) mass is 760 g/mol. The predicted octanol–water partition coefficient (Wildman–Crippen LogP) is 1.50. The largest absolute Gasteiger partial charge is 0.444 e. The molecule has 0 unspecified atom stereocenters. The van der Waals surface area contributed by atoms with Gasteiger partial charge in [-0.2, -0.15) is 0 Å². The molecule has 4 N–H and O–H groups in total. The zero-order chi connectivity index (χ0) is 38.9. The first-order valence-electron chi connectivity index (χ1n) is 17.3. The number of hydrogen-bond donors (Lipinski definition) is 4. The molecule has 4 aliphatic rings. The average molecular weight is 761 g/mol. The molecule has 53 heavy (non-hydrogen) atoms. The van der Waals surface area contributed by atoms with Gasteiger partial charge >= 0.3 is 12.2 Å². The summed E-state index contributed by atoms with van der Waals surface area (Å²) in [4.78, 5) is 82.1. The minimum atomic E-state index is -3.97. The fourth-order valence-electron chi connectivity index (χ4n) is 6.44. The SMILES string of the molecule is C=CC(=O)NCC[C@H](NC(=O)OC(C)(C)C)C(=O)N1C[C@H](OC(=O)N2Cc3cccc(F)c3C2)C[C@H]1C(=O)N[C@]1(C(=O)NS(=O)(=O)C2CC2)C[C@H]1C=C. The number of nitrogens with one attached hydrogen (secondary N) is 4. The molecular weight excluding hydrogens is 715 g/mol. The van der Waals surface area contributed by atoms with E-state index in [4.69, 9.17) is 9.47 Å². The van der Waals surface area contributed by atoms with Gasteiger partial charge in [-0.05, 0) is 64.2 Å². The number of fused-ring (bicyclic) bond motifs is 1. The second-order valence-corrected chi connectivity index (χ2v) is 16.6. The Morgan fingerprint density at radius 3 is 2.43 bits per heavy atom. The van der Waals surface area contributed by atoms with Crippen LogP contribution in [0.5, 0.6) is 0 Å². The lowest BCUT2D eigenvalue weighted by Crippen LogP contribution is -2.58. The van der Waals surface area contributed by atoms with E-state index in [1.165, 1.54) is 23.1 Å². The first-order valence-corrected chi connectivity index (χ1v) is 18.8. The number of ether oxygens (including phenoxy) is 2. The van der Waals surface area contributed by atoms with Crippen LogP contribution in [0.4, 0.5) is 14.0 Å². The van der Waals surface area contributed by atoms with E-state index in [-0.39, 0.29) is 45.4 Å². The van der Waals surface area contributed by atoms with E-state index in [0.29, 0.717) is 24.0 Å². The van der Waals surface area contributed by atoms with Crippen LogP contribution < -0.4 is 20.7 Å². The standard InChI is InChI=1S/C35H45FN6O10S/c1-6-21-16-35(21,31(46)40-53(49,50)23-11-12-23)39-29(44)27-15-22(51-33(48)41-17-20-9-8-10-25(36)24(20)19-41)18-42(27)30(45)26(13-14-37-28(43)7-2)38-32(47)52-34(3,4)5/h6-10,21-23,26-27H,1-2,11-19H2,3-5H3,(H,37,43)(H,38,47)(H,39,44)(H,40,46)/t21-,22-,26+,27+,35-/m1/s1. The molecule has 2 heterocycles. The van der Waals surface area contributed by atoms with Gasteiger partial charge in [0.15, 0.2) is 0 Å². The molecule has 5 atom stereocenters. The van der Waals surface area contributed by atoms with Crippen LogP contribution in [-0.2, 0) is 51.8 Å². The highest BCUT2D eigenvalue weighted by molar-refractivity contribution is 7.91. The van der Waals surface area contributed by atoms with Crippen LogP contribution in [0.25, 0.3) is 0 Å². The Balaban J connectivity index is 1.38. The van der Waals surface area contributed by atoms with Crippen LogP contribution in [0.2, 0.25) is 0 Å². The Morgan fingerprint density at radius 2 is 1.83 bits per heavy atom. The Labute approximate surface area is 306 Å². The van der Waals surface area contributed by atoms with E-state index in [1.807, 2.05) is 0 Å². The van der Waals surface area contributed by atoms with Gasteiger partial charge in [0.1, 0.15) is 35.1 Å². The summed E-state index contributed by atoms with van der Waals surface area (Å²) in [7, 11) is -3.97. The second kappa shape index (κ2) is 15.2. The van der Waals surface area contributed by atoms with E-state index in [1.54, 1.807) is 26.8 Å². The molecule has 0 radical (unpaired) electrons. The first-order chi connectivity index (χ1) is 24.9. The Morgan fingerprint density at radius 1 is 1.11 bits per heavy atom. The summed E-state index contributed by atoms with van der Waals surface area (Å²) in [5.74, 6) is -4.19. The van der Waals surface area contributed by atoms with Crippen LogP contribution in [0.3, 0.4) is 0 Å². The number of amides is 6. The van der Waals surface area contributed by atoms with Gasteiger partial charge in [-0.1, -0.05) is 24.8 Å². The number of halogens is 1. The number of alkyl carbamates (subject to hydrolysis) is 1. The Hall–Kier alpha value is -5.00. The molecule has 2 aliphatic carbocycles. The van der Waals surface area contributed by atoms with Gasteiger partial charge in [-0.25, -0.2) is 22.4 Å². The van der Waals surface area contributed by atoms with Crippen molar-refractivity contribution < 1.29 is 51.0 Å². The molecule has 0 spiro atoms. The Bertz CT molecular complexity index is 1810. The van der Waals surface area contributed by atoms with Crippen molar-refractivity contribution in [3.63, 3.8) is 0 Å². The number of carbonyl (C=O) groups excluding carboxylic acids is 6. The van der Waals surface area contributed by atoms with Gasteiger partial charge in [0.2, 0.25) is 27.7 Å². The maximum absolute atomic E-state index is 14.4. The molecule has 16 nitrogen and oxygen atoms in total. The minimum Gasteiger partial charge on any atom is -0.444 e. The third-order valence-corrected chi connectivity index (χ3v) is 11.3. The Kier molecular flexibility index (Phi) is 11.2. The van der Waals surface area contributed by atoms with Gasteiger partial charge < -0.3 is 30.3 Å². The van der Waals surface area contributed by atoms with E-state index in [2.05, 4.69) is 33.8 Å². The van der Waals surface area contributed by atoms with E-state index < -0.39 is 92.2 Å². The van der Waals surface area contributed by atoms with Gasteiger partial charge in [0.05, 0.1) is 18.3 Å². The number of likely N-dealkylation sites (tertiary alicyclic amines) is 1. The lowest BCUT2D eigenvalue weighted by Gasteiger charge is -2.30. The lowest BCUT2D eigenvalue weighted by atomic mass is 10.1. The molecule has 6 amide bonds. The topological polar surface area (TPSA) is 210 Å². The fraction of sp³-hybridized carbons (Fsp3) is 0.543. The summed E-state index contributed by atoms with van der Waals surface area (Å²) in [6.45, 7) is 11.6. The van der Waals surface area contributed by atoms with Gasteiger partial charge in [-0.3, -0.25) is 28.8 Å². The van der Waals surface area contributed by atoms with Crippen molar-refractivity contribution in [3.8, 4) is 0 Å². The number of rotatable bonds is 13. The fourth-order valence-corrected chi connectivity index (χ4v) is 7.80. The number of carbonyl (C=O) groups is 6. The van der Waals surface area contributed by atoms with E-state index in [9.17, 15) is 41.6 Å². The van der Waals surface area contributed by atoms with Gasteiger partial charge in [0, 0.05) is 31.0 Å². The molecule has 5 rings (SSSR count). The third kappa shape index (κ3) is 9.15. The molecule has 288 valence electrons. The summed E-state index contributed by atoms with van der Waals surface area (Å²) in [5, 5.41) is 6.97. The summed E-state index contributed by atoms with van der Waals surface area (Å²) in [6, 6.07) is 1.79. The molecule has 2 saturated carbocycles. The normalized spacial score (nSPS) is 23.9. The summed E-state index contributed by atoms with van der Waals surface area (Å²) in [5.41, 5.74) is -1.65. The highest BCUT2D eigenvalue weighted by atomic mass is 32.2. The van der Waals surface area contributed by atoms with Crippen LogP contribution in [-0.4, -0.2) is 102 Å². The van der Waals surface area contributed by atoms with Crippen molar-refractivity contribution >= 4 is 45.8 Å². The molecular formula is C35H45FN6O10S. The maximum atomic E-state index is 14.4.